The lowest BCUT2D eigenvalue weighted by atomic mass is 10.2. The average molecular weight is 292 g/mol. The van der Waals surface area contributed by atoms with Gasteiger partial charge in [0.2, 0.25) is 5.91 Å². The standard InChI is InChI=1S/C15H20N2O4/c18-14(11-21-12-15(19)20)17-8-6-16(7-9-17)10-13-4-2-1-3-5-13/h1-5H,6-12H2,(H,19,20). The zero-order valence-electron chi connectivity index (χ0n) is 11.9. The van der Waals surface area contributed by atoms with Gasteiger partial charge in [0.25, 0.3) is 0 Å². The van der Waals surface area contributed by atoms with Crippen LogP contribution in [0.2, 0.25) is 0 Å². The van der Waals surface area contributed by atoms with Gasteiger partial charge in [-0.2, -0.15) is 0 Å². The fraction of sp³-hybridized carbons (Fsp3) is 0.467. The van der Waals surface area contributed by atoms with Crippen LogP contribution in [-0.4, -0.2) is 66.2 Å². The molecular formula is C15H20N2O4. The van der Waals surface area contributed by atoms with Crippen LogP contribution in [0.25, 0.3) is 0 Å². The van der Waals surface area contributed by atoms with Crippen LogP contribution in [0.3, 0.4) is 0 Å². The highest BCUT2D eigenvalue weighted by Gasteiger charge is 2.21. The Morgan fingerprint density at radius 1 is 1.05 bits per heavy atom. The molecule has 21 heavy (non-hydrogen) atoms. The van der Waals surface area contributed by atoms with E-state index in [-0.39, 0.29) is 12.5 Å². The van der Waals surface area contributed by atoms with Crippen LogP contribution in [0.4, 0.5) is 0 Å². The van der Waals surface area contributed by atoms with E-state index in [1.165, 1.54) is 5.56 Å². The summed E-state index contributed by atoms with van der Waals surface area (Å²) in [5.41, 5.74) is 1.27. The van der Waals surface area contributed by atoms with E-state index in [9.17, 15) is 9.59 Å². The van der Waals surface area contributed by atoms with Crippen molar-refractivity contribution in [1.82, 2.24) is 9.80 Å². The SMILES string of the molecule is O=C(O)COCC(=O)N1CCN(Cc2ccccc2)CC1. The summed E-state index contributed by atoms with van der Waals surface area (Å²) in [6.45, 7) is 3.24. The topological polar surface area (TPSA) is 70.1 Å². The quantitative estimate of drug-likeness (QED) is 0.823. The second-order valence-corrected chi connectivity index (χ2v) is 5.03. The minimum Gasteiger partial charge on any atom is -0.480 e. The second kappa shape index (κ2) is 7.75. The average Bonchev–Trinajstić information content (AvgIpc) is 2.48. The molecular weight excluding hydrogens is 272 g/mol. The van der Waals surface area contributed by atoms with Gasteiger partial charge in [0.15, 0.2) is 0 Å². The Morgan fingerprint density at radius 3 is 2.33 bits per heavy atom. The maximum atomic E-state index is 11.8. The number of carbonyl (C=O) groups excluding carboxylic acids is 1. The number of benzene rings is 1. The molecule has 0 atom stereocenters. The number of aliphatic carboxylic acids is 1. The smallest absolute Gasteiger partial charge is 0.329 e. The number of carboxylic acids is 1. The summed E-state index contributed by atoms with van der Waals surface area (Å²) >= 11 is 0. The van der Waals surface area contributed by atoms with Crippen molar-refractivity contribution >= 4 is 11.9 Å². The van der Waals surface area contributed by atoms with Crippen LogP contribution in [0, 0.1) is 0 Å². The minimum atomic E-state index is -1.06. The first-order valence-corrected chi connectivity index (χ1v) is 6.99. The lowest BCUT2D eigenvalue weighted by Crippen LogP contribution is -2.49. The van der Waals surface area contributed by atoms with Crippen LogP contribution in [0.15, 0.2) is 30.3 Å². The Morgan fingerprint density at radius 2 is 1.71 bits per heavy atom. The molecule has 1 heterocycles. The van der Waals surface area contributed by atoms with Gasteiger partial charge in [-0.3, -0.25) is 9.69 Å². The maximum absolute atomic E-state index is 11.8. The van der Waals surface area contributed by atoms with E-state index >= 15 is 0 Å². The molecule has 6 heteroatoms. The van der Waals surface area contributed by atoms with Crippen molar-refractivity contribution in [1.29, 1.82) is 0 Å². The zero-order valence-corrected chi connectivity index (χ0v) is 11.9. The number of piperazine rings is 1. The third kappa shape index (κ3) is 5.17. The van der Waals surface area contributed by atoms with Gasteiger partial charge in [-0.25, -0.2) is 4.79 Å². The normalized spacial score (nSPS) is 15.9. The largest absolute Gasteiger partial charge is 0.480 e. The summed E-state index contributed by atoms with van der Waals surface area (Å²) in [7, 11) is 0. The van der Waals surface area contributed by atoms with Gasteiger partial charge < -0.3 is 14.7 Å². The number of carbonyl (C=O) groups is 2. The van der Waals surface area contributed by atoms with E-state index < -0.39 is 12.6 Å². The first kappa shape index (κ1) is 15.5. The molecule has 1 aliphatic rings. The Bertz CT molecular complexity index is 470. The molecule has 1 N–H and O–H groups in total. The summed E-state index contributed by atoms with van der Waals surface area (Å²) in [5, 5.41) is 8.46. The number of ether oxygens (including phenoxy) is 1. The fourth-order valence-electron chi connectivity index (χ4n) is 2.31. The number of amides is 1. The molecule has 1 aromatic carbocycles. The molecule has 0 saturated carbocycles. The van der Waals surface area contributed by atoms with Crippen molar-refractivity contribution in [2.75, 3.05) is 39.4 Å². The third-order valence-corrected chi connectivity index (χ3v) is 3.43. The van der Waals surface area contributed by atoms with Crippen LogP contribution in [0.1, 0.15) is 5.56 Å². The van der Waals surface area contributed by atoms with E-state index in [2.05, 4.69) is 17.0 Å². The number of rotatable bonds is 6. The fourth-order valence-corrected chi connectivity index (χ4v) is 2.31. The van der Waals surface area contributed by atoms with Crippen molar-refractivity contribution in [3.8, 4) is 0 Å². The second-order valence-electron chi connectivity index (χ2n) is 5.03. The number of hydrogen-bond acceptors (Lipinski definition) is 4. The molecule has 0 aliphatic carbocycles. The first-order valence-electron chi connectivity index (χ1n) is 6.99. The Kier molecular flexibility index (Phi) is 5.71. The monoisotopic (exact) mass is 292 g/mol. The Labute approximate surface area is 123 Å². The molecule has 0 bridgehead atoms. The summed E-state index contributed by atoms with van der Waals surface area (Å²) in [6, 6.07) is 10.2. The molecule has 1 aliphatic heterocycles. The highest BCUT2D eigenvalue weighted by atomic mass is 16.5. The number of hydrogen-bond donors (Lipinski definition) is 1. The van der Waals surface area contributed by atoms with Crippen LogP contribution in [0.5, 0.6) is 0 Å². The molecule has 0 unspecified atom stereocenters. The lowest BCUT2D eigenvalue weighted by molar-refractivity contribution is -0.146. The molecule has 0 spiro atoms. The predicted molar refractivity (Wildman–Crippen MR) is 76.8 cm³/mol. The summed E-state index contributed by atoms with van der Waals surface area (Å²) < 4.78 is 4.83. The molecule has 0 radical (unpaired) electrons. The van der Waals surface area contributed by atoms with Gasteiger partial charge in [0.1, 0.15) is 13.2 Å². The van der Waals surface area contributed by atoms with Gasteiger partial charge in [-0.1, -0.05) is 30.3 Å². The zero-order chi connectivity index (χ0) is 15.1. The van der Waals surface area contributed by atoms with Crippen molar-refractivity contribution in [3.05, 3.63) is 35.9 Å². The van der Waals surface area contributed by atoms with Crippen LogP contribution in [-0.2, 0) is 20.9 Å². The van der Waals surface area contributed by atoms with Gasteiger partial charge in [0, 0.05) is 32.7 Å². The van der Waals surface area contributed by atoms with Crippen molar-refractivity contribution in [3.63, 3.8) is 0 Å². The van der Waals surface area contributed by atoms with Gasteiger partial charge >= 0.3 is 5.97 Å². The molecule has 1 fully saturated rings. The first-order chi connectivity index (χ1) is 10.1. The lowest BCUT2D eigenvalue weighted by Gasteiger charge is -2.34. The molecule has 1 amide bonds. The molecule has 114 valence electrons. The molecule has 2 rings (SSSR count). The van der Waals surface area contributed by atoms with Gasteiger partial charge in [-0.05, 0) is 5.56 Å². The number of carboxylic acid groups (broad SMARTS) is 1. The predicted octanol–water partition coefficient (Wildman–Crippen LogP) is 0.432. The summed E-state index contributed by atoms with van der Waals surface area (Å²) in [5.74, 6) is -1.20. The van der Waals surface area contributed by atoms with E-state index in [1.807, 2.05) is 18.2 Å². The minimum absolute atomic E-state index is 0.143. The van der Waals surface area contributed by atoms with E-state index in [1.54, 1.807) is 4.90 Å². The van der Waals surface area contributed by atoms with E-state index in [0.717, 1.165) is 19.6 Å². The molecule has 1 saturated heterocycles. The maximum Gasteiger partial charge on any atom is 0.329 e. The highest BCUT2D eigenvalue weighted by Crippen LogP contribution is 2.08. The van der Waals surface area contributed by atoms with Gasteiger partial charge in [-0.15, -0.1) is 0 Å². The summed E-state index contributed by atoms with van der Waals surface area (Å²) in [4.78, 5) is 26.2. The summed E-state index contributed by atoms with van der Waals surface area (Å²) in [6.07, 6.45) is 0. The molecule has 6 nitrogen and oxygen atoms in total. The van der Waals surface area contributed by atoms with Crippen molar-refractivity contribution in [2.24, 2.45) is 0 Å². The van der Waals surface area contributed by atoms with E-state index in [4.69, 9.17) is 9.84 Å². The molecule has 0 aromatic heterocycles. The Balaban J connectivity index is 1.70. The van der Waals surface area contributed by atoms with Crippen LogP contribution < -0.4 is 0 Å². The Hall–Kier alpha value is -1.92. The highest BCUT2D eigenvalue weighted by molar-refractivity contribution is 5.78. The number of nitrogens with zero attached hydrogens (tertiary/aromatic N) is 2. The van der Waals surface area contributed by atoms with Gasteiger partial charge in [0.05, 0.1) is 0 Å². The van der Waals surface area contributed by atoms with Crippen molar-refractivity contribution in [2.45, 2.75) is 6.54 Å². The van der Waals surface area contributed by atoms with Crippen LogP contribution >= 0.6 is 0 Å². The third-order valence-electron chi connectivity index (χ3n) is 3.43. The van der Waals surface area contributed by atoms with E-state index in [0.29, 0.717) is 13.1 Å². The molecule has 1 aromatic rings. The van der Waals surface area contributed by atoms with Crippen molar-refractivity contribution < 1.29 is 19.4 Å².